The molecule has 1 aromatic carbocycles. The summed E-state index contributed by atoms with van der Waals surface area (Å²) in [5.74, 6) is -0.169. The minimum atomic E-state index is -0.650. The highest BCUT2D eigenvalue weighted by Gasteiger charge is 2.27. The summed E-state index contributed by atoms with van der Waals surface area (Å²) in [5.41, 5.74) is 0.282. The second kappa shape index (κ2) is 5.70. The van der Waals surface area contributed by atoms with E-state index in [1.807, 2.05) is 20.8 Å². The second-order valence-electron chi connectivity index (χ2n) is 6.59. The lowest BCUT2D eigenvalue weighted by Gasteiger charge is -2.27. The van der Waals surface area contributed by atoms with E-state index in [2.05, 4.69) is 15.5 Å². The van der Waals surface area contributed by atoms with Crippen LogP contribution in [0.3, 0.4) is 0 Å². The van der Waals surface area contributed by atoms with Crippen LogP contribution in [0.5, 0.6) is 0 Å². The maximum absolute atomic E-state index is 14.2. The van der Waals surface area contributed by atoms with Crippen molar-refractivity contribution in [1.29, 1.82) is 0 Å². The molecule has 2 heterocycles. The Balaban J connectivity index is 1.96. The topological polar surface area (TPSA) is 88.3 Å². The van der Waals surface area contributed by atoms with Gasteiger partial charge in [0.05, 0.1) is 5.69 Å². The lowest BCUT2D eigenvalue weighted by molar-refractivity contribution is -0.120. The Morgan fingerprint density at radius 3 is 2.67 bits per heavy atom. The number of imide groups is 1. The molecule has 24 heavy (non-hydrogen) atoms. The molecule has 126 valence electrons. The van der Waals surface area contributed by atoms with Gasteiger partial charge >= 0.3 is 6.03 Å². The van der Waals surface area contributed by atoms with Crippen molar-refractivity contribution in [2.24, 2.45) is 0 Å². The van der Waals surface area contributed by atoms with E-state index in [0.29, 0.717) is 11.4 Å². The first-order valence-electron chi connectivity index (χ1n) is 7.51. The number of urea groups is 1. The number of hydrogen-bond donors (Lipinski definition) is 1. The van der Waals surface area contributed by atoms with Gasteiger partial charge in [-0.15, -0.1) is 0 Å². The van der Waals surface area contributed by atoms with E-state index in [0.717, 1.165) is 0 Å². The number of nitrogens with one attached hydrogen (secondary N) is 1. The first-order valence-corrected chi connectivity index (χ1v) is 7.51. The number of amides is 3. The zero-order valence-corrected chi connectivity index (χ0v) is 13.6. The summed E-state index contributed by atoms with van der Waals surface area (Å²) >= 11 is 0. The Morgan fingerprint density at radius 2 is 2.04 bits per heavy atom. The van der Waals surface area contributed by atoms with Crippen LogP contribution in [0, 0.1) is 5.82 Å². The van der Waals surface area contributed by atoms with Crippen LogP contribution in [0.1, 0.15) is 33.0 Å². The summed E-state index contributed by atoms with van der Waals surface area (Å²) in [6, 6.07) is 3.55. The molecule has 7 nitrogen and oxygen atoms in total. The van der Waals surface area contributed by atoms with Gasteiger partial charge in [-0.05, 0) is 18.2 Å². The minimum Gasteiger partial charge on any atom is -0.334 e. The predicted molar refractivity (Wildman–Crippen MR) is 83.9 cm³/mol. The van der Waals surface area contributed by atoms with Gasteiger partial charge in [0.1, 0.15) is 5.82 Å². The highest BCUT2D eigenvalue weighted by molar-refractivity contribution is 6.05. The molecule has 1 aliphatic heterocycles. The summed E-state index contributed by atoms with van der Waals surface area (Å²) in [4.78, 5) is 28.7. The van der Waals surface area contributed by atoms with Gasteiger partial charge in [-0.25, -0.2) is 9.18 Å². The van der Waals surface area contributed by atoms with E-state index in [1.54, 1.807) is 0 Å². The standard InChI is InChI=1S/C16H17FN4O3/c1-16(2,3)14-19-13(24-20-14)9-4-5-10(17)11(8-9)21-7-6-12(22)18-15(21)23/h4-5,8H,6-7H2,1-3H3,(H,18,22,23). The summed E-state index contributed by atoms with van der Waals surface area (Å²) in [5, 5.41) is 6.10. The third kappa shape index (κ3) is 2.99. The highest BCUT2D eigenvalue weighted by atomic mass is 19.1. The fourth-order valence-electron chi connectivity index (χ4n) is 2.29. The molecule has 8 heteroatoms. The predicted octanol–water partition coefficient (Wildman–Crippen LogP) is 2.62. The zero-order chi connectivity index (χ0) is 17.5. The number of halogens is 1. The smallest absolute Gasteiger partial charge is 0.328 e. The lowest BCUT2D eigenvalue weighted by atomic mass is 9.96. The number of aromatic nitrogens is 2. The van der Waals surface area contributed by atoms with Gasteiger partial charge in [0.15, 0.2) is 5.82 Å². The summed E-state index contributed by atoms with van der Waals surface area (Å²) in [6.07, 6.45) is 0.115. The largest absolute Gasteiger partial charge is 0.334 e. The Bertz CT molecular complexity index is 810. The number of rotatable bonds is 2. The summed E-state index contributed by atoms with van der Waals surface area (Å²) < 4.78 is 19.4. The Labute approximate surface area is 137 Å². The van der Waals surface area contributed by atoms with Crippen molar-refractivity contribution in [1.82, 2.24) is 15.5 Å². The Kier molecular flexibility index (Phi) is 3.82. The van der Waals surface area contributed by atoms with E-state index in [-0.39, 0.29) is 35.9 Å². The molecule has 0 atom stereocenters. The minimum absolute atomic E-state index is 0.0630. The molecule has 0 aliphatic carbocycles. The zero-order valence-electron chi connectivity index (χ0n) is 13.6. The van der Waals surface area contributed by atoms with Crippen LogP contribution < -0.4 is 10.2 Å². The maximum atomic E-state index is 14.2. The monoisotopic (exact) mass is 332 g/mol. The van der Waals surface area contributed by atoms with Gasteiger partial charge in [-0.2, -0.15) is 4.98 Å². The normalized spacial score (nSPS) is 15.6. The Hall–Kier alpha value is -2.77. The van der Waals surface area contributed by atoms with Gasteiger partial charge in [0.2, 0.25) is 5.91 Å². The molecule has 1 fully saturated rings. The third-order valence-corrected chi connectivity index (χ3v) is 3.63. The molecule has 1 aromatic heterocycles. The van der Waals surface area contributed by atoms with Crippen LogP contribution in [0.25, 0.3) is 11.5 Å². The molecule has 0 saturated carbocycles. The quantitative estimate of drug-likeness (QED) is 0.913. The average molecular weight is 332 g/mol. The summed E-state index contributed by atoms with van der Waals surface area (Å²) in [7, 11) is 0. The number of anilines is 1. The maximum Gasteiger partial charge on any atom is 0.328 e. The van der Waals surface area contributed by atoms with E-state index in [1.165, 1.54) is 23.1 Å². The van der Waals surface area contributed by atoms with Crippen molar-refractivity contribution in [3.05, 3.63) is 29.8 Å². The number of benzene rings is 1. The first kappa shape index (κ1) is 16.1. The van der Waals surface area contributed by atoms with Crippen molar-refractivity contribution >= 4 is 17.6 Å². The molecule has 0 spiro atoms. The van der Waals surface area contributed by atoms with E-state index in [4.69, 9.17) is 4.52 Å². The first-order chi connectivity index (χ1) is 11.3. The van der Waals surface area contributed by atoms with Crippen molar-refractivity contribution < 1.29 is 18.5 Å². The van der Waals surface area contributed by atoms with Gasteiger partial charge < -0.3 is 4.52 Å². The molecule has 2 aromatic rings. The van der Waals surface area contributed by atoms with Crippen molar-refractivity contribution in [3.63, 3.8) is 0 Å². The molecule has 1 N–H and O–H groups in total. The lowest BCUT2D eigenvalue weighted by Crippen LogP contribution is -2.49. The van der Waals surface area contributed by atoms with Gasteiger partial charge in [0, 0.05) is 23.9 Å². The molecule has 0 radical (unpaired) electrons. The molecule has 0 unspecified atom stereocenters. The van der Waals surface area contributed by atoms with Crippen molar-refractivity contribution in [2.45, 2.75) is 32.6 Å². The number of carbonyl (C=O) groups excluding carboxylic acids is 2. The second-order valence-corrected chi connectivity index (χ2v) is 6.59. The van der Waals surface area contributed by atoms with Crippen LogP contribution >= 0.6 is 0 Å². The van der Waals surface area contributed by atoms with Crippen molar-refractivity contribution in [2.75, 3.05) is 11.4 Å². The van der Waals surface area contributed by atoms with Crippen LogP contribution in [-0.4, -0.2) is 28.6 Å². The molecule has 0 bridgehead atoms. The SMILES string of the molecule is CC(C)(C)c1noc(-c2ccc(F)c(N3CCC(=O)NC3=O)c2)n1. The third-order valence-electron chi connectivity index (χ3n) is 3.63. The molecule has 3 amide bonds. The van der Waals surface area contributed by atoms with Gasteiger partial charge in [-0.3, -0.25) is 15.0 Å². The van der Waals surface area contributed by atoms with E-state index >= 15 is 0 Å². The number of hydrogen-bond acceptors (Lipinski definition) is 5. The average Bonchev–Trinajstić information content (AvgIpc) is 2.98. The highest BCUT2D eigenvalue weighted by Crippen LogP contribution is 2.29. The molecule has 1 aliphatic rings. The molecular weight excluding hydrogens is 315 g/mol. The fourth-order valence-corrected chi connectivity index (χ4v) is 2.29. The molecule has 1 saturated heterocycles. The number of carbonyl (C=O) groups is 2. The van der Waals surface area contributed by atoms with Crippen LogP contribution in [0.2, 0.25) is 0 Å². The Morgan fingerprint density at radius 1 is 1.29 bits per heavy atom. The van der Waals surface area contributed by atoms with Gasteiger partial charge in [-0.1, -0.05) is 25.9 Å². The van der Waals surface area contributed by atoms with Crippen LogP contribution in [-0.2, 0) is 10.2 Å². The summed E-state index contributed by atoms with van der Waals surface area (Å²) in [6.45, 7) is 5.97. The molecular formula is C16H17FN4O3. The van der Waals surface area contributed by atoms with Crippen LogP contribution in [0.4, 0.5) is 14.9 Å². The fraction of sp³-hybridized carbons (Fsp3) is 0.375. The van der Waals surface area contributed by atoms with E-state index in [9.17, 15) is 14.0 Å². The van der Waals surface area contributed by atoms with E-state index < -0.39 is 11.8 Å². The van der Waals surface area contributed by atoms with Crippen molar-refractivity contribution in [3.8, 4) is 11.5 Å². The van der Waals surface area contributed by atoms with Crippen LogP contribution in [0.15, 0.2) is 22.7 Å². The van der Waals surface area contributed by atoms with Gasteiger partial charge in [0.25, 0.3) is 5.89 Å². The molecule has 3 rings (SSSR count). The number of nitrogens with zero attached hydrogens (tertiary/aromatic N) is 3.